The van der Waals surface area contributed by atoms with E-state index in [4.69, 9.17) is 22.1 Å². The Bertz CT molecular complexity index is 481. The highest BCUT2D eigenvalue weighted by atomic mass is 35.5. The van der Waals surface area contributed by atoms with Crippen molar-refractivity contribution in [2.45, 2.75) is 33.2 Å². The van der Waals surface area contributed by atoms with Crippen LogP contribution in [0.5, 0.6) is 5.75 Å². The number of nitrogens with one attached hydrogen (secondary N) is 1. The standard InChI is InChI=1S/C15H23ClN2O2.ClH/c1-10(2)15(4,9-17)18-14(19)8-20-12-5-6-13(16)11(3)7-12;/h5-7,10H,8-9,17H2,1-4H3,(H,18,19);1H. The van der Waals surface area contributed by atoms with E-state index in [0.717, 1.165) is 5.56 Å². The smallest absolute Gasteiger partial charge is 0.258 e. The van der Waals surface area contributed by atoms with Crippen molar-refractivity contribution in [2.24, 2.45) is 11.7 Å². The molecule has 1 amide bonds. The van der Waals surface area contributed by atoms with Gasteiger partial charge in [-0.25, -0.2) is 0 Å². The van der Waals surface area contributed by atoms with Gasteiger partial charge in [0.25, 0.3) is 5.91 Å². The molecule has 1 atom stereocenters. The second kappa shape index (κ2) is 8.47. The third-order valence-electron chi connectivity index (χ3n) is 3.62. The van der Waals surface area contributed by atoms with Gasteiger partial charge in [-0.3, -0.25) is 4.79 Å². The maximum absolute atomic E-state index is 11.9. The van der Waals surface area contributed by atoms with Gasteiger partial charge in [-0.2, -0.15) is 0 Å². The lowest BCUT2D eigenvalue weighted by atomic mass is 9.88. The van der Waals surface area contributed by atoms with Crippen LogP contribution in [0.25, 0.3) is 0 Å². The first-order valence-electron chi connectivity index (χ1n) is 6.68. The number of nitrogens with two attached hydrogens (primary N) is 1. The fraction of sp³-hybridized carbons (Fsp3) is 0.533. The molecule has 0 saturated carbocycles. The van der Waals surface area contributed by atoms with Crippen LogP contribution in [0.4, 0.5) is 0 Å². The summed E-state index contributed by atoms with van der Waals surface area (Å²) in [6.07, 6.45) is 0. The van der Waals surface area contributed by atoms with E-state index in [1.165, 1.54) is 0 Å². The van der Waals surface area contributed by atoms with Crippen molar-refractivity contribution in [2.75, 3.05) is 13.2 Å². The Morgan fingerprint density at radius 3 is 2.57 bits per heavy atom. The van der Waals surface area contributed by atoms with Crippen LogP contribution in [0.15, 0.2) is 18.2 Å². The minimum absolute atomic E-state index is 0. The Morgan fingerprint density at radius 2 is 2.10 bits per heavy atom. The normalized spacial score (nSPS) is 13.3. The summed E-state index contributed by atoms with van der Waals surface area (Å²) >= 11 is 5.94. The van der Waals surface area contributed by atoms with Crippen molar-refractivity contribution in [3.63, 3.8) is 0 Å². The molecule has 0 saturated heterocycles. The highest BCUT2D eigenvalue weighted by Gasteiger charge is 2.28. The van der Waals surface area contributed by atoms with Crippen LogP contribution in [-0.2, 0) is 4.79 Å². The highest BCUT2D eigenvalue weighted by molar-refractivity contribution is 6.31. The Kier molecular flexibility index (Phi) is 8.08. The number of hydrogen-bond donors (Lipinski definition) is 2. The Morgan fingerprint density at radius 1 is 1.48 bits per heavy atom. The molecule has 0 spiro atoms. The molecule has 0 fully saturated rings. The molecule has 120 valence electrons. The van der Waals surface area contributed by atoms with Gasteiger partial charge in [0.05, 0.1) is 5.54 Å². The van der Waals surface area contributed by atoms with Crippen molar-refractivity contribution in [3.05, 3.63) is 28.8 Å². The van der Waals surface area contributed by atoms with Crippen LogP contribution >= 0.6 is 24.0 Å². The highest BCUT2D eigenvalue weighted by Crippen LogP contribution is 2.21. The largest absolute Gasteiger partial charge is 0.484 e. The van der Waals surface area contributed by atoms with E-state index in [0.29, 0.717) is 17.3 Å². The molecule has 0 radical (unpaired) electrons. The van der Waals surface area contributed by atoms with E-state index < -0.39 is 5.54 Å². The van der Waals surface area contributed by atoms with E-state index in [1.807, 2.05) is 27.7 Å². The Labute approximate surface area is 137 Å². The summed E-state index contributed by atoms with van der Waals surface area (Å²) in [5.41, 5.74) is 6.22. The monoisotopic (exact) mass is 334 g/mol. The Balaban J connectivity index is 0.00000400. The number of amides is 1. The van der Waals surface area contributed by atoms with Crippen molar-refractivity contribution >= 4 is 29.9 Å². The fourth-order valence-electron chi connectivity index (χ4n) is 1.64. The van der Waals surface area contributed by atoms with Gasteiger partial charge in [0.15, 0.2) is 6.61 Å². The molecule has 0 aliphatic carbocycles. The van der Waals surface area contributed by atoms with Gasteiger partial charge >= 0.3 is 0 Å². The summed E-state index contributed by atoms with van der Waals surface area (Å²) < 4.78 is 5.46. The predicted octanol–water partition coefficient (Wildman–Crippen LogP) is 2.94. The molecular formula is C15H24Cl2N2O2. The number of benzene rings is 1. The predicted molar refractivity (Wildman–Crippen MR) is 89.4 cm³/mol. The summed E-state index contributed by atoms with van der Waals surface area (Å²) in [6, 6.07) is 5.30. The average molecular weight is 335 g/mol. The van der Waals surface area contributed by atoms with Crippen LogP contribution in [0.2, 0.25) is 5.02 Å². The van der Waals surface area contributed by atoms with Crippen LogP contribution in [0.1, 0.15) is 26.3 Å². The van der Waals surface area contributed by atoms with E-state index in [9.17, 15) is 4.79 Å². The van der Waals surface area contributed by atoms with Gasteiger partial charge < -0.3 is 15.8 Å². The van der Waals surface area contributed by atoms with Gasteiger partial charge in [-0.05, 0) is 43.5 Å². The number of rotatable bonds is 6. The summed E-state index contributed by atoms with van der Waals surface area (Å²) in [4.78, 5) is 11.9. The van der Waals surface area contributed by atoms with Crippen molar-refractivity contribution in [1.82, 2.24) is 5.32 Å². The van der Waals surface area contributed by atoms with Gasteiger partial charge in [0.2, 0.25) is 0 Å². The molecule has 3 N–H and O–H groups in total. The lowest BCUT2D eigenvalue weighted by Gasteiger charge is -2.33. The van der Waals surface area contributed by atoms with Gasteiger partial charge in [0.1, 0.15) is 5.75 Å². The number of carbonyl (C=O) groups is 1. The molecular weight excluding hydrogens is 311 g/mol. The van der Waals surface area contributed by atoms with Crippen LogP contribution < -0.4 is 15.8 Å². The van der Waals surface area contributed by atoms with E-state index in [1.54, 1.807) is 18.2 Å². The fourth-order valence-corrected chi connectivity index (χ4v) is 1.76. The van der Waals surface area contributed by atoms with Gasteiger partial charge in [-0.15, -0.1) is 12.4 Å². The van der Waals surface area contributed by atoms with Crippen molar-refractivity contribution in [1.29, 1.82) is 0 Å². The number of ether oxygens (including phenoxy) is 1. The molecule has 0 aliphatic rings. The molecule has 1 aromatic rings. The molecule has 1 rings (SSSR count). The molecule has 1 unspecified atom stereocenters. The summed E-state index contributed by atoms with van der Waals surface area (Å²) in [5.74, 6) is 0.689. The Hall–Kier alpha value is -0.970. The van der Waals surface area contributed by atoms with E-state index in [-0.39, 0.29) is 30.8 Å². The second-order valence-electron chi connectivity index (χ2n) is 5.52. The van der Waals surface area contributed by atoms with Gasteiger partial charge in [0, 0.05) is 11.6 Å². The minimum atomic E-state index is -0.420. The molecule has 21 heavy (non-hydrogen) atoms. The lowest BCUT2D eigenvalue weighted by Crippen LogP contribution is -2.56. The summed E-state index contributed by atoms with van der Waals surface area (Å²) in [6.45, 7) is 8.22. The lowest BCUT2D eigenvalue weighted by molar-refractivity contribution is -0.125. The molecule has 0 bridgehead atoms. The zero-order valence-electron chi connectivity index (χ0n) is 12.9. The number of carbonyl (C=O) groups excluding carboxylic acids is 1. The first kappa shape index (κ1) is 20.0. The van der Waals surface area contributed by atoms with Crippen molar-refractivity contribution < 1.29 is 9.53 Å². The van der Waals surface area contributed by atoms with Crippen LogP contribution in [-0.4, -0.2) is 24.6 Å². The number of hydrogen-bond acceptors (Lipinski definition) is 3. The molecule has 0 aromatic heterocycles. The summed E-state index contributed by atoms with van der Waals surface area (Å²) in [7, 11) is 0. The third-order valence-corrected chi connectivity index (χ3v) is 4.05. The van der Waals surface area contributed by atoms with Gasteiger partial charge in [-0.1, -0.05) is 25.4 Å². The molecule has 0 aliphatic heterocycles. The quantitative estimate of drug-likeness (QED) is 0.840. The maximum atomic E-state index is 11.9. The third kappa shape index (κ3) is 5.73. The minimum Gasteiger partial charge on any atom is -0.484 e. The topological polar surface area (TPSA) is 64.3 Å². The van der Waals surface area contributed by atoms with Crippen LogP contribution in [0, 0.1) is 12.8 Å². The second-order valence-corrected chi connectivity index (χ2v) is 5.93. The summed E-state index contributed by atoms with van der Waals surface area (Å²) in [5, 5.41) is 3.60. The number of halogens is 2. The van der Waals surface area contributed by atoms with E-state index in [2.05, 4.69) is 5.32 Å². The molecule has 1 aromatic carbocycles. The molecule has 0 heterocycles. The zero-order valence-corrected chi connectivity index (χ0v) is 14.5. The average Bonchev–Trinajstić information content (AvgIpc) is 2.39. The van der Waals surface area contributed by atoms with Crippen LogP contribution in [0.3, 0.4) is 0 Å². The first-order chi connectivity index (χ1) is 9.28. The zero-order chi connectivity index (χ0) is 15.3. The first-order valence-corrected chi connectivity index (χ1v) is 7.06. The van der Waals surface area contributed by atoms with Crippen molar-refractivity contribution in [3.8, 4) is 5.75 Å². The number of aryl methyl sites for hydroxylation is 1. The maximum Gasteiger partial charge on any atom is 0.258 e. The SMILES string of the molecule is Cc1cc(OCC(=O)NC(C)(CN)C(C)C)ccc1Cl.Cl. The van der Waals surface area contributed by atoms with E-state index >= 15 is 0 Å². The molecule has 6 heteroatoms. The molecule has 4 nitrogen and oxygen atoms in total.